The van der Waals surface area contributed by atoms with Crippen LogP contribution in [0.15, 0.2) is 54.6 Å². The lowest BCUT2D eigenvalue weighted by atomic mass is 10.1. The van der Waals surface area contributed by atoms with Crippen molar-refractivity contribution in [3.8, 4) is 11.5 Å². The second-order valence-electron chi connectivity index (χ2n) is 6.49. The summed E-state index contributed by atoms with van der Waals surface area (Å²) in [6.07, 6.45) is 4.83. The summed E-state index contributed by atoms with van der Waals surface area (Å²) in [6.45, 7) is 3.59. The molecule has 28 heavy (non-hydrogen) atoms. The quantitative estimate of drug-likeness (QED) is 0.332. The third kappa shape index (κ3) is 7.18. The molecule has 2 aromatic carbocycles. The fourth-order valence-corrected chi connectivity index (χ4v) is 2.59. The third-order valence-corrected chi connectivity index (χ3v) is 4.21. The predicted molar refractivity (Wildman–Crippen MR) is 112 cm³/mol. The van der Waals surface area contributed by atoms with Gasteiger partial charge in [-0.3, -0.25) is 4.79 Å². The molecule has 0 heterocycles. The molecule has 0 bridgehead atoms. The van der Waals surface area contributed by atoms with Crippen LogP contribution in [-0.4, -0.2) is 43.8 Å². The van der Waals surface area contributed by atoms with Crippen molar-refractivity contribution in [2.24, 2.45) is 0 Å². The van der Waals surface area contributed by atoms with Gasteiger partial charge in [0.1, 0.15) is 24.2 Å². The summed E-state index contributed by atoms with van der Waals surface area (Å²) >= 11 is 0. The zero-order valence-corrected chi connectivity index (χ0v) is 16.6. The molecule has 2 N–H and O–H groups in total. The Morgan fingerprint density at radius 1 is 1.18 bits per heavy atom. The molecule has 1 unspecified atom stereocenters. The minimum Gasteiger partial charge on any atom is -0.497 e. The maximum atomic E-state index is 12.6. The average molecular weight is 383 g/mol. The van der Waals surface area contributed by atoms with E-state index in [9.17, 15) is 9.90 Å². The molecule has 0 aromatic heterocycles. The fourth-order valence-electron chi connectivity index (χ4n) is 2.59. The zero-order valence-electron chi connectivity index (χ0n) is 16.6. The Kier molecular flexibility index (Phi) is 9.25. The Morgan fingerprint density at radius 2 is 1.93 bits per heavy atom. The number of ether oxygens (including phenoxy) is 2. The van der Waals surface area contributed by atoms with Crippen LogP contribution in [0.2, 0.25) is 0 Å². The molecule has 5 nitrogen and oxygen atoms in total. The van der Waals surface area contributed by atoms with E-state index in [0.29, 0.717) is 17.9 Å². The van der Waals surface area contributed by atoms with Crippen molar-refractivity contribution in [1.29, 1.82) is 0 Å². The average Bonchev–Trinajstić information content (AvgIpc) is 2.74. The SMILES string of the molecule is CCCCNCC(O)COc1ccccc1C(=O)C=Cc1ccc(OC)cc1. The van der Waals surface area contributed by atoms with Crippen LogP contribution in [0, 0.1) is 0 Å². The first-order valence-corrected chi connectivity index (χ1v) is 9.61. The van der Waals surface area contributed by atoms with E-state index in [1.165, 1.54) is 6.08 Å². The molecule has 0 saturated carbocycles. The summed E-state index contributed by atoms with van der Waals surface area (Å²) < 4.78 is 10.8. The van der Waals surface area contributed by atoms with E-state index in [2.05, 4.69) is 12.2 Å². The summed E-state index contributed by atoms with van der Waals surface area (Å²) in [4.78, 5) is 12.6. The van der Waals surface area contributed by atoms with Gasteiger partial charge in [0.15, 0.2) is 5.78 Å². The van der Waals surface area contributed by atoms with Crippen molar-refractivity contribution < 1.29 is 19.4 Å². The van der Waals surface area contributed by atoms with Crippen LogP contribution < -0.4 is 14.8 Å². The standard InChI is InChI=1S/C23H29NO4/c1-3-4-15-24-16-19(25)17-28-23-8-6-5-7-21(23)22(26)14-11-18-9-12-20(27-2)13-10-18/h5-14,19,24-25H,3-4,15-17H2,1-2H3. The third-order valence-electron chi connectivity index (χ3n) is 4.21. The van der Waals surface area contributed by atoms with E-state index >= 15 is 0 Å². The molecule has 2 aromatic rings. The second kappa shape index (κ2) is 12.0. The van der Waals surface area contributed by atoms with Gasteiger partial charge in [-0.15, -0.1) is 0 Å². The van der Waals surface area contributed by atoms with E-state index in [1.54, 1.807) is 31.4 Å². The highest BCUT2D eigenvalue weighted by molar-refractivity contribution is 6.08. The highest BCUT2D eigenvalue weighted by atomic mass is 16.5. The largest absolute Gasteiger partial charge is 0.497 e. The number of aliphatic hydroxyl groups is 1. The topological polar surface area (TPSA) is 67.8 Å². The number of benzene rings is 2. The van der Waals surface area contributed by atoms with Crippen molar-refractivity contribution in [2.75, 3.05) is 26.8 Å². The molecule has 0 spiro atoms. The van der Waals surface area contributed by atoms with Gasteiger partial charge in [-0.1, -0.05) is 43.7 Å². The van der Waals surface area contributed by atoms with Gasteiger partial charge in [-0.25, -0.2) is 0 Å². The van der Waals surface area contributed by atoms with E-state index < -0.39 is 6.10 Å². The zero-order chi connectivity index (χ0) is 20.2. The fraction of sp³-hybridized carbons (Fsp3) is 0.348. The summed E-state index contributed by atoms with van der Waals surface area (Å²) in [5.74, 6) is 1.09. The number of rotatable bonds is 12. The van der Waals surface area contributed by atoms with Gasteiger partial charge in [0, 0.05) is 6.54 Å². The monoisotopic (exact) mass is 383 g/mol. The molecule has 0 aliphatic rings. The normalized spacial score (nSPS) is 12.1. The molecule has 0 aliphatic heterocycles. The first kappa shape index (κ1) is 21.7. The van der Waals surface area contributed by atoms with Gasteiger partial charge < -0.3 is 19.9 Å². The molecule has 0 fully saturated rings. The van der Waals surface area contributed by atoms with Crippen LogP contribution in [-0.2, 0) is 0 Å². The number of carbonyl (C=O) groups is 1. The maximum absolute atomic E-state index is 12.6. The summed E-state index contributed by atoms with van der Waals surface area (Å²) in [7, 11) is 1.61. The van der Waals surface area contributed by atoms with Crippen LogP contribution in [0.4, 0.5) is 0 Å². The molecule has 0 amide bonds. The lowest BCUT2D eigenvalue weighted by molar-refractivity contribution is 0.0994. The molecule has 0 aliphatic carbocycles. The first-order chi connectivity index (χ1) is 13.6. The lowest BCUT2D eigenvalue weighted by Gasteiger charge is -2.14. The molecular formula is C23H29NO4. The van der Waals surface area contributed by atoms with E-state index in [0.717, 1.165) is 30.7 Å². The number of methoxy groups -OCH3 is 1. The molecular weight excluding hydrogens is 354 g/mol. The van der Waals surface area contributed by atoms with Crippen molar-refractivity contribution in [3.05, 3.63) is 65.7 Å². The van der Waals surface area contributed by atoms with Gasteiger partial charge in [-0.05, 0) is 48.9 Å². The lowest BCUT2D eigenvalue weighted by Crippen LogP contribution is -2.32. The molecule has 0 saturated heterocycles. The number of allylic oxidation sites excluding steroid dienone is 1. The van der Waals surface area contributed by atoms with E-state index in [4.69, 9.17) is 9.47 Å². The van der Waals surface area contributed by atoms with Crippen LogP contribution in [0.1, 0.15) is 35.7 Å². The Balaban J connectivity index is 1.94. The van der Waals surface area contributed by atoms with E-state index in [1.807, 2.05) is 30.3 Å². The van der Waals surface area contributed by atoms with Crippen LogP contribution in [0.3, 0.4) is 0 Å². The van der Waals surface area contributed by atoms with Gasteiger partial charge in [0.2, 0.25) is 0 Å². The van der Waals surface area contributed by atoms with Crippen molar-refractivity contribution >= 4 is 11.9 Å². The van der Waals surface area contributed by atoms with Gasteiger partial charge >= 0.3 is 0 Å². The first-order valence-electron chi connectivity index (χ1n) is 9.61. The number of para-hydroxylation sites is 1. The number of hydrogen-bond acceptors (Lipinski definition) is 5. The predicted octanol–water partition coefficient (Wildman–Crippen LogP) is 3.72. The number of nitrogens with one attached hydrogen (secondary N) is 1. The number of hydrogen-bond donors (Lipinski definition) is 2. The minimum absolute atomic E-state index is 0.131. The molecule has 1 atom stereocenters. The van der Waals surface area contributed by atoms with Crippen molar-refractivity contribution in [2.45, 2.75) is 25.9 Å². The number of ketones is 1. The van der Waals surface area contributed by atoms with Gasteiger partial charge in [0.25, 0.3) is 0 Å². The molecule has 5 heteroatoms. The number of unbranched alkanes of at least 4 members (excludes halogenated alkanes) is 1. The molecule has 0 radical (unpaired) electrons. The Bertz CT molecular complexity index is 755. The maximum Gasteiger partial charge on any atom is 0.189 e. The second-order valence-corrected chi connectivity index (χ2v) is 6.49. The molecule has 150 valence electrons. The van der Waals surface area contributed by atoms with Crippen molar-refractivity contribution in [1.82, 2.24) is 5.32 Å². The van der Waals surface area contributed by atoms with E-state index in [-0.39, 0.29) is 12.4 Å². The smallest absolute Gasteiger partial charge is 0.189 e. The summed E-state index contributed by atoms with van der Waals surface area (Å²) in [6, 6.07) is 14.5. The summed E-state index contributed by atoms with van der Waals surface area (Å²) in [5.41, 5.74) is 1.37. The highest BCUT2D eigenvalue weighted by Crippen LogP contribution is 2.20. The number of aliphatic hydroxyl groups excluding tert-OH is 1. The van der Waals surface area contributed by atoms with Crippen LogP contribution in [0.5, 0.6) is 11.5 Å². The molecule has 2 rings (SSSR count). The number of carbonyl (C=O) groups excluding carboxylic acids is 1. The Morgan fingerprint density at radius 3 is 2.64 bits per heavy atom. The van der Waals surface area contributed by atoms with Crippen molar-refractivity contribution in [3.63, 3.8) is 0 Å². The van der Waals surface area contributed by atoms with Gasteiger partial charge in [-0.2, -0.15) is 0 Å². The van der Waals surface area contributed by atoms with Crippen LogP contribution in [0.25, 0.3) is 6.08 Å². The highest BCUT2D eigenvalue weighted by Gasteiger charge is 2.11. The summed E-state index contributed by atoms with van der Waals surface area (Å²) in [5, 5.41) is 13.2. The van der Waals surface area contributed by atoms with Gasteiger partial charge in [0.05, 0.1) is 12.7 Å². The Hall–Kier alpha value is -2.63. The van der Waals surface area contributed by atoms with Crippen LogP contribution >= 0.6 is 0 Å². The minimum atomic E-state index is -0.630. The Labute approximate surface area is 167 Å².